The van der Waals surface area contributed by atoms with Gasteiger partial charge in [0.15, 0.2) is 0 Å². The predicted molar refractivity (Wildman–Crippen MR) is 99.1 cm³/mol. The molecule has 0 heterocycles. The standard InChI is InChI=1S/C18H33NO3Si/c1-4-6-13-21-23(3,22-14-7-5-2)15-9-12-20-18-11-8-10-17(19)16-18/h8,10-11,16H,4-7,9,12-15,19H2,1-3H3. The lowest BCUT2D eigenvalue weighted by Crippen LogP contribution is -2.39. The van der Waals surface area contributed by atoms with Gasteiger partial charge in [-0.05, 0) is 44.0 Å². The SMILES string of the molecule is CCCCO[Si](C)(CCCOc1cccc(N)c1)OCCCC. The molecule has 0 radical (unpaired) electrons. The third-order valence-corrected chi connectivity index (χ3v) is 6.60. The number of hydrogen-bond acceptors (Lipinski definition) is 4. The first-order valence-corrected chi connectivity index (χ1v) is 11.4. The molecule has 0 fully saturated rings. The molecule has 0 unspecified atom stereocenters. The molecule has 0 amide bonds. The number of rotatable bonds is 13. The Labute approximate surface area is 142 Å². The van der Waals surface area contributed by atoms with Crippen LogP contribution in [-0.4, -0.2) is 28.4 Å². The van der Waals surface area contributed by atoms with E-state index in [-0.39, 0.29) is 0 Å². The highest BCUT2D eigenvalue weighted by Gasteiger charge is 2.30. The van der Waals surface area contributed by atoms with E-state index in [1.807, 2.05) is 24.3 Å². The average molecular weight is 340 g/mol. The first-order chi connectivity index (χ1) is 11.1. The maximum Gasteiger partial charge on any atom is 0.335 e. The van der Waals surface area contributed by atoms with E-state index in [1.165, 1.54) is 0 Å². The van der Waals surface area contributed by atoms with Gasteiger partial charge >= 0.3 is 8.56 Å². The van der Waals surface area contributed by atoms with Crippen LogP contribution in [0.5, 0.6) is 5.75 Å². The molecular weight excluding hydrogens is 306 g/mol. The highest BCUT2D eigenvalue weighted by molar-refractivity contribution is 6.66. The summed E-state index contributed by atoms with van der Waals surface area (Å²) < 4.78 is 18.0. The summed E-state index contributed by atoms with van der Waals surface area (Å²) >= 11 is 0. The summed E-state index contributed by atoms with van der Waals surface area (Å²) in [6, 6.07) is 8.52. The van der Waals surface area contributed by atoms with E-state index in [4.69, 9.17) is 19.3 Å². The summed E-state index contributed by atoms with van der Waals surface area (Å²) in [7, 11) is -2.08. The molecule has 5 heteroatoms. The fraction of sp³-hybridized carbons (Fsp3) is 0.667. The van der Waals surface area contributed by atoms with Gasteiger partial charge in [0.2, 0.25) is 0 Å². The van der Waals surface area contributed by atoms with Crippen LogP contribution in [0.4, 0.5) is 5.69 Å². The van der Waals surface area contributed by atoms with Crippen molar-refractivity contribution in [2.75, 3.05) is 25.6 Å². The lowest BCUT2D eigenvalue weighted by atomic mass is 10.3. The van der Waals surface area contributed by atoms with Crippen molar-refractivity contribution in [3.63, 3.8) is 0 Å². The molecule has 0 aliphatic carbocycles. The van der Waals surface area contributed by atoms with Crippen molar-refractivity contribution in [3.05, 3.63) is 24.3 Å². The third kappa shape index (κ3) is 8.98. The second-order valence-electron chi connectivity index (χ2n) is 6.06. The van der Waals surface area contributed by atoms with Gasteiger partial charge in [-0.1, -0.05) is 32.8 Å². The van der Waals surface area contributed by atoms with E-state index in [0.29, 0.717) is 6.61 Å². The maximum atomic E-state index is 6.13. The van der Waals surface area contributed by atoms with Gasteiger partial charge in [-0.25, -0.2) is 0 Å². The minimum Gasteiger partial charge on any atom is -0.494 e. The van der Waals surface area contributed by atoms with Crippen LogP contribution in [0, 0.1) is 0 Å². The molecule has 0 saturated heterocycles. The van der Waals surface area contributed by atoms with Crippen LogP contribution in [0.15, 0.2) is 24.3 Å². The number of nitrogen functional groups attached to an aromatic ring is 1. The van der Waals surface area contributed by atoms with Crippen molar-refractivity contribution < 1.29 is 13.6 Å². The van der Waals surface area contributed by atoms with Gasteiger partial charge in [-0.15, -0.1) is 0 Å². The summed E-state index contributed by atoms with van der Waals surface area (Å²) in [6.07, 6.45) is 5.44. The molecule has 0 atom stereocenters. The quantitative estimate of drug-likeness (QED) is 0.320. The molecule has 4 nitrogen and oxygen atoms in total. The van der Waals surface area contributed by atoms with Crippen LogP contribution in [0.2, 0.25) is 12.6 Å². The van der Waals surface area contributed by atoms with Crippen molar-refractivity contribution in [1.29, 1.82) is 0 Å². The number of ether oxygens (including phenoxy) is 1. The zero-order valence-corrected chi connectivity index (χ0v) is 16.0. The second kappa shape index (κ2) is 11.5. The smallest absolute Gasteiger partial charge is 0.335 e. The third-order valence-electron chi connectivity index (χ3n) is 3.71. The van der Waals surface area contributed by atoms with Gasteiger partial charge < -0.3 is 19.3 Å². The first-order valence-electron chi connectivity index (χ1n) is 8.86. The Morgan fingerprint density at radius 2 is 1.61 bits per heavy atom. The van der Waals surface area contributed by atoms with Crippen molar-refractivity contribution >= 4 is 14.2 Å². The molecule has 1 rings (SSSR count). The fourth-order valence-corrected chi connectivity index (χ4v) is 4.55. The number of hydrogen-bond donors (Lipinski definition) is 1. The largest absolute Gasteiger partial charge is 0.494 e. The molecule has 0 aromatic heterocycles. The number of nitrogens with two attached hydrogens (primary N) is 1. The van der Waals surface area contributed by atoms with Gasteiger partial charge in [0.25, 0.3) is 0 Å². The van der Waals surface area contributed by atoms with Gasteiger partial charge in [-0.3, -0.25) is 0 Å². The zero-order valence-electron chi connectivity index (χ0n) is 15.0. The molecule has 0 aliphatic rings. The Morgan fingerprint density at radius 1 is 0.957 bits per heavy atom. The van der Waals surface area contributed by atoms with E-state index >= 15 is 0 Å². The molecule has 132 valence electrons. The first kappa shape index (κ1) is 20.0. The topological polar surface area (TPSA) is 53.7 Å². The summed E-state index contributed by atoms with van der Waals surface area (Å²) in [4.78, 5) is 0. The van der Waals surface area contributed by atoms with E-state index in [2.05, 4.69) is 20.4 Å². The number of anilines is 1. The fourth-order valence-electron chi connectivity index (χ4n) is 2.24. The van der Waals surface area contributed by atoms with Gasteiger partial charge in [0, 0.05) is 25.0 Å². The highest BCUT2D eigenvalue weighted by Crippen LogP contribution is 2.19. The summed E-state index contributed by atoms with van der Waals surface area (Å²) in [5.41, 5.74) is 6.48. The Bertz CT molecular complexity index is 418. The minimum atomic E-state index is -2.08. The Hall–Kier alpha value is -1.04. The average Bonchev–Trinajstić information content (AvgIpc) is 2.52. The van der Waals surface area contributed by atoms with E-state index < -0.39 is 8.56 Å². The van der Waals surface area contributed by atoms with Crippen LogP contribution >= 0.6 is 0 Å². The van der Waals surface area contributed by atoms with Crippen LogP contribution in [-0.2, 0) is 8.85 Å². The van der Waals surface area contributed by atoms with E-state index in [9.17, 15) is 0 Å². The van der Waals surface area contributed by atoms with Crippen LogP contribution in [0.1, 0.15) is 46.0 Å². The molecule has 1 aromatic rings. The minimum absolute atomic E-state index is 0.667. The monoisotopic (exact) mass is 339 g/mol. The maximum absolute atomic E-state index is 6.13. The van der Waals surface area contributed by atoms with Crippen LogP contribution < -0.4 is 10.5 Å². The van der Waals surface area contributed by atoms with E-state index in [1.54, 1.807) is 0 Å². The van der Waals surface area contributed by atoms with Crippen LogP contribution in [0.3, 0.4) is 0 Å². The van der Waals surface area contributed by atoms with Crippen LogP contribution in [0.25, 0.3) is 0 Å². The molecule has 0 bridgehead atoms. The Balaban J connectivity index is 2.36. The molecule has 1 aromatic carbocycles. The zero-order chi connectivity index (χ0) is 17.0. The molecule has 0 saturated carbocycles. The second-order valence-corrected chi connectivity index (χ2v) is 9.41. The van der Waals surface area contributed by atoms with Crippen molar-refractivity contribution in [3.8, 4) is 5.75 Å². The Kier molecular flexibility index (Phi) is 9.99. The van der Waals surface area contributed by atoms with Crippen molar-refractivity contribution in [2.24, 2.45) is 0 Å². The molecule has 0 aliphatic heterocycles. The Morgan fingerprint density at radius 3 is 2.17 bits per heavy atom. The molecule has 23 heavy (non-hydrogen) atoms. The molecule has 0 spiro atoms. The number of benzene rings is 1. The van der Waals surface area contributed by atoms with Gasteiger partial charge in [-0.2, -0.15) is 0 Å². The lowest BCUT2D eigenvalue weighted by molar-refractivity contribution is 0.166. The van der Waals surface area contributed by atoms with Crippen molar-refractivity contribution in [1.82, 2.24) is 0 Å². The van der Waals surface area contributed by atoms with Gasteiger partial charge in [0.05, 0.1) is 6.61 Å². The molecular formula is C18H33NO3Si. The number of unbranched alkanes of at least 4 members (excludes halogenated alkanes) is 2. The summed E-state index contributed by atoms with van der Waals surface area (Å²) in [5.74, 6) is 0.826. The predicted octanol–water partition coefficient (Wildman–Crippen LogP) is 4.74. The summed E-state index contributed by atoms with van der Waals surface area (Å²) in [6.45, 7) is 8.82. The molecule has 2 N–H and O–H groups in total. The van der Waals surface area contributed by atoms with E-state index in [0.717, 1.165) is 62.8 Å². The lowest BCUT2D eigenvalue weighted by Gasteiger charge is -2.27. The highest BCUT2D eigenvalue weighted by atomic mass is 28.4. The van der Waals surface area contributed by atoms with Crippen molar-refractivity contribution in [2.45, 2.75) is 58.5 Å². The summed E-state index contributed by atoms with van der Waals surface area (Å²) in [5, 5.41) is 0. The van der Waals surface area contributed by atoms with Gasteiger partial charge in [0.1, 0.15) is 5.75 Å². The normalized spacial score (nSPS) is 11.6.